The van der Waals surface area contributed by atoms with Gasteiger partial charge in [-0.15, -0.1) is 0 Å². The van der Waals surface area contributed by atoms with Gasteiger partial charge in [0.05, 0.1) is 13.4 Å². The number of methoxy groups -OCH3 is 1. The number of rotatable bonds is 1. The zero-order chi connectivity index (χ0) is 16.3. The third-order valence-electron chi connectivity index (χ3n) is 7.37. The lowest BCUT2D eigenvalue weighted by Gasteiger charge is -2.54. The SMILES string of the molecule is COc1ccc2c(c1)CC[C@@H]1[C@@H]2CC[C@]2(C)c3ccoc3CC[C@@H]12. The van der Waals surface area contributed by atoms with Crippen molar-refractivity contribution in [2.75, 3.05) is 7.11 Å². The van der Waals surface area contributed by atoms with Crippen LogP contribution in [0.3, 0.4) is 0 Å². The van der Waals surface area contributed by atoms with Gasteiger partial charge in [-0.1, -0.05) is 13.0 Å². The molecule has 0 saturated heterocycles. The molecule has 4 atom stereocenters. The molecule has 3 aliphatic carbocycles. The first kappa shape index (κ1) is 14.6. The van der Waals surface area contributed by atoms with Gasteiger partial charge in [0.1, 0.15) is 11.5 Å². The Bertz CT molecular complexity index is 774. The number of hydrogen-bond acceptors (Lipinski definition) is 2. The van der Waals surface area contributed by atoms with Crippen molar-refractivity contribution in [2.45, 2.75) is 56.8 Å². The van der Waals surface area contributed by atoms with Gasteiger partial charge in [0.25, 0.3) is 0 Å². The van der Waals surface area contributed by atoms with Crippen LogP contribution < -0.4 is 4.74 Å². The van der Waals surface area contributed by atoms with Gasteiger partial charge in [0.2, 0.25) is 0 Å². The number of benzene rings is 1. The molecular formula is C22H26O2. The molecule has 1 aromatic carbocycles. The summed E-state index contributed by atoms with van der Waals surface area (Å²) >= 11 is 0. The first-order chi connectivity index (χ1) is 11.7. The smallest absolute Gasteiger partial charge is 0.119 e. The molecule has 0 bridgehead atoms. The highest BCUT2D eigenvalue weighted by atomic mass is 16.5. The van der Waals surface area contributed by atoms with E-state index < -0.39 is 0 Å². The van der Waals surface area contributed by atoms with Crippen molar-refractivity contribution < 1.29 is 9.15 Å². The van der Waals surface area contributed by atoms with Gasteiger partial charge in [-0.25, -0.2) is 0 Å². The largest absolute Gasteiger partial charge is 0.497 e. The molecule has 2 aromatic rings. The summed E-state index contributed by atoms with van der Waals surface area (Å²) in [5, 5.41) is 0. The average molecular weight is 322 g/mol. The monoisotopic (exact) mass is 322 g/mol. The Hall–Kier alpha value is -1.70. The summed E-state index contributed by atoms with van der Waals surface area (Å²) < 4.78 is 11.2. The lowest BCUT2D eigenvalue weighted by atomic mass is 9.50. The Morgan fingerprint density at radius 1 is 1.12 bits per heavy atom. The molecule has 0 aliphatic heterocycles. The summed E-state index contributed by atoms with van der Waals surface area (Å²) in [6.07, 6.45) is 9.47. The van der Waals surface area contributed by atoms with Crippen molar-refractivity contribution in [3.05, 3.63) is 53.0 Å². The first-order valence-electron chi connectivity index (χ1n) is 9.44. The molecule has 1 aromatic heterocycles. The first-order valence-corrected chi connectivity index (χ1v) is 9.44. The van der Waals surface area contributed by atoms with Crippen LogP contribution >= 0.6 is 0 Å². The second-order valence-corrected chi connectivity index (χ2v) is 8.23. The Balaban J connectivity index is 1.53. The molecule has 0 amide bonds. The fraction of sp³-hybridized carbons (Fsp3) is 0.545. The van der Waals surface area contributed by atoms with Crippen molar-refractivity contribution in [1.29, 1.82) is 0 Å². The van der Waals surface area contributed by atoms with Gasteiger partial charge >= 0.3 is 0 Å². The van der Waals surface area contributed by atoms with E-state index in [0.29, 0.717) is 5.41 Å². The Labute approximate surface area is 144 Å². The van der Waals surface area contributed by atoms with Crippen LogP contribution in [0.2, 0.25) is 0 Å². The van der Waals surface area contributed by atoms with E-state index in [1.165, 1.54) is 49.0 Å². The van der Waals surface area contributed by atoms with E-state index in [0.717, 1.165) is 29.9 Å². The van der Waals surface area contributed by atoms with E-state index in [1.807, 2.05) is 6.26 Å². The zero-order valence-corrected chi connectivity index (χ0v) is 14.7. The van der Waals surface area contributed by atoms with Crippen LogP contribution in [0.25, 0.3) is 0 Å². The third kappa shape index (κ3) is 1.89. The molecule has 24 heavy (non-hydrogen) atoms. The molecule has 0 spiro atoms. The lowest BCUT2D eigenvalue weighted by Crippen LogP contribution is -2.47. The normalized spacial score (nSPS) is 33.8. The van der Waals surface area contributed by atoms with Crippen molar-refractivity contribution in [3.8, 4) is 5.75 Å². The zero-order valence-electron chi connectivity index (χ0n) is 14.7. The van der Waals surface area contributed by atoms with Crippen LogP contribution in [0, 0.1) is 11.8 Å². The minimum absolute atomic E-state index is 0.325. The molecule has 0 radical (unpaired) electrons. The number of aryl methyl sites for hydroxylation is 2. The summed E-state index contributed by atoms with van der Waals surface area (Å²) in [6.45, 7) is 2.50. The van der Waals surface area contributed by atoms with Gasteiger partial charge in [-0.05, 0) is 90.2 Å². The standard InChI is InChI=1S/C22H26O2/c1-22-11-9-17-16-6-4-15(23-2)13-14(16)3-5-18(17)19(22)7-8-21-20(22)10-12-24-21/h4,6,10,12-13,17-19H,3,5,7-9,11H2,1-2H3/t17-,18-,19+,22+/m1/s1. The molecule has 2 heteroatoms. The Kier molecular flexibility index (Phi) is 3.14. The summed E-state index contributed by atoms with van der Waals surface area (Å²) in [5.74, 6) is 4.64. The summed E-state index contributed by atoms with van der Waals surface area (Å²) in [6, 6.07) is 9.03. The van der Waals surface area contributed by atoms with Crippen LogP contribution in [0.1, 0.15) is 61.0 Å². The van der Waals surface area contributed by atoms with E-state index >= 15 is 0 Å². The highest BCUT2D eigenvalue weighted by molar-refractivity contribution is 5.42. The van der Waals surface area contributed by atoms with E-state index in [9.17, 15) is 0 Å². The van der Waals surface area contributed by atoms with Gasteiger partial charge in [-0.2, -0.15) is 0 Å². The maximum Gasteiger partial charge on any atom is 0.119 e. The predicted molar refractivity (Wildman–Crippen MR) is 94.7 cm³/mol. The summed E-state index contributed by atoms with van der Waals surface area (Å²) in [4.78, 5) is 0. The van der Waals surface area contributed by atoms with E-state index in [-0.39, 0.29) is 0 Å². The molecule has 5 rings (SSSR count). The highest BCUT2D eigenvalue weighted by Crippen LogP contribution is 2.59. The van der Waals surface area contributed by atoms with Crippen molar-refractivity contribution in [2.24, 2.45) is 11.8 Å². The Morgan fingerprint density at radius 2 is 2.04 bits per heavy atom. The van der Waals surface area contributed by atoms with Crippen LogP contribution in [0.15, 0.2) is 34.9 Å². The molecule has 126 valence electrons. The second-order valence-electron chi connectivity index (χ2n) is 8.23. The van der Waals surface area contributed by atoms with Crippen molar-refractivity contribution in [1.82, 2.24) is 0 Å². The van der Waals surface area contributed by atoms with Crippen LogP contribution in [0.4, 0.5) is 0 Å². The van der Waals surface area contributed by atoms with Crippen LogP contribution in [-0.4, -0.2) is 7.11 Å². The average Bonchev–Trinajstić information content (AvgIpc) is 3.10. The Morgan fingerprint density at radius 3 is 2.92 bits per heavy atom. The second kappa shape index (κ2) is 5.15. The minimum Gasteiger partial charge on any atom is -0.497 e. The predicted octanol–water partition coefficient (Wildman–Crippen LogP) is 5.25. The fourth-order valence-corrected chi connectivity index (χ4v) is 6.20. The number of fused-ring (bicyclic) bond motifs is 7. The molecule has 1 saturated carbocycles. The topological polar surface area (TPSA) is 22.4 Å². The molecular weight excluding hydrogens is 296 g/mol. The lowest BCUT2D eigenvalue weighted by molar-refractivity contribution is 0.0712. The van der Waals surface area contributed by atoms with Gasteiger partial charge in [-0.3, -0.25) is 0 Å². The van der Waals surface area contributed by atoms with Crippen molar-refractivity contribution in [3.63, 3.8) is 0 Å². The van der Waals surface area contributed by atoms with E-state index in [4.69, 9.17) is 9.15 Å². The number of hydrogen-bond donors (Lipinski definition) is 0. The summed E-state index contributed by atoms with van der Waals surface area (Å²) in [7, 11) is 1.77. The van der Waals surface area contributed by atoms with E-state index in [2.05, 4.69) is 31.2 Å². The molecule has 1 fully saturated rings. The van der Waals surface area contributed by atoms with Gasteiger partial charge in [0, 0.05) is 6.42 Å². The van der Waals surface area contributed by atoms with Gasteiger partial charge in [0.15, 0.2) is 0 Å². The number of furan rings is 1. The van der Waals surface area contributed by atoms with Crippen LogP contribution in [-0.2, 0) is 18.3 Å². The summed E-state index contributed by atoms with van der Waals surface area (Å²) in [5.41, 5.74) is 4.97. The maximum atomic E-state index is 5.77. The molecule has 0 N–H and O–H groups in total. The van der Waals surface area contributed by atoms with E-state index in [1.54, 1.807) is 12.7 Å². The quantitative estimate of drug-likeness (QED) is 0.715. The third-order valence-corrected chi connectivity index (χ3v) is 7.37. The molecule has 1 heterocycles. The van der Waals surface area contributed by atoms with Crippen molar-refractivity contribution >= 4 is 0 Å². The molecule has 2 nitrogen and oxygen atoms in total. The maximum absolute atomic E-state index is 5.77. The molecule has 3 aliphatic rings. The highest BCUT2D eigenvalue weighted by Gasteiger charge is 2.51. The fourth-order valence-electron chi connectivity index (χ4n) is 6.20. The molecule has 0 unspecified atom stereocenters. The minimum atomic E-state index is 0.325. The van der Waals surface area contributed by atoms with Crippen LogP contribution in [0.5, 0.6) is 5.75 Å². The number of ether oxygens (including phenoxy) is 1. The van der Waals surface area contributed by atoms with Gasteiger partial charge < -0.3 is 9.15 Å².